The average molecular weight is 488 g/mol. The number of methoxy groups -OCH3 is 1. The fourth-order valence-corrected chi connectivity index (χ4v) is 4.36. The molecule has 1 amide bonds. The molecule has 2 rings (SSSR count). The van der Waals surface area contributed by atoms with E-state index in [2.05, 4.69) is 4.98 Å². The molecule has 32 heavy (non-hydrogen) atoms. The van der Waals surface area contributed by atoms with Crippen LogP contribution < -0.4 is 21.9 Å². The fourth-order valence-electron chi connectivity index (χ4n) is 2.97. The number of nitrogens with one attached hydrogen (secondary N) is 1. The van der Waals surface area contributed by atoms with Crippen molar-refractivity contribution in [2.45, 2.75) is 24.8 Å². The Labute approximate surface area is 190 Å². The van der Waals surface area contributed by atoms with E-state index in [1.807, 2.05) is 6.92 Å². The Morgan fingerprint density at radius 2 is 1.94 bits per heavy atom. The number of benzene rings is 1. The molecule has 1 aromatic carbocycles. The van der Waals surface area contributed by atoms with E-state index >= 15 is 0 Å². The second kappa shape index (κ2) is 10.3. The van der Waals surface area contributed by atoms with Crippen molar-refractivity contribution in [3.8, 4) is 0 Å². The number of ether oxygens (including phenoxy) is 1. The molecular weight excluding hydrogens is 462 g/mol. The number of carbonyl (C=O) groups is 1. The Morgan fingerprint density at radius 3 is 2.50 bits per heavy atom. The minimum atomic E-state index is -3.94. The van der Waals surface area contributed by atoms with Gasteiger partial charge in [0.25, 0.3) is 11.5 Å². The number of anilines is 2. The number of nitrogens with zero attached hydrogens (tertiary/aromatic N) is 3. The number of hydrogen-bond donors (Lipinski definition) is 2. The van der Waals surface area contributed by atoms with Crippen LogP contribution in [0.5, 0.6) is 0 Å². The molecule has 176 valence electrons. The summed E-state index contributed by atoms with van der Waals surface area (Å²) in [6.07, 6.45) is 0.560. The first kappa shape index (κ1) is 25.6. The van der Waals surface area contributed by atoms with Crippen LogP contribution in [-0.4, -0.2) is 62.5 Å². The lowest BCUT2D eigenvalue weighted by Gasteiger charge is -2.24. The molecule has 13 heteroatoms. The fraction of sp³-hybridized carbons (Fsp3) is 0.421. The molecule has 1 heterocycles. The van der Waals surface area contributed by atoms with Crippen LogP contribution in [0.15, 0.2) is 32.7 Å². The molecule has 0 bridgehead atoms. The molecule has 0 aliphatic heterocycles. The number of aromatic amines is 1. The number of hydrogen-bond acceptors (Lipinski definition) is 7. The van der Waals surface area contributed by atoms with E-state index in [4.69, 9.17) is 22.1 Å². The van der Waals surface area contributed by atoms with Crippen molar-refractivity contribution >= 4 is 39.0 Å². The molecule has 11 nitrogen and oxygen atoms in total. The monoisotopic (exact) mass is 487 g/mol. The second-order valence-electron chi connectivity index (χ2n) is 7.03. The molecule has 3 N–H and O–H groups in total. The van der Waals surface area contributed by atoms with E-state index in [0.29, 0.717) is 6.42 Å². The van der Waals surface area contributed by atoms with Crippen LogP contribution in [0.4, 0.5) is 11.5 Å². The first-order chi connectivity index (χ1) is 15.0. The standard InChI is InChI=1S/C19H26ClN5O6S/c1-5-8-25-16(21)15(17(26)22-19(25)28)24(9-10-31-4)18(27)12-6-7-13(20)14(11-12)32(29,30)23(2)3/h6-7,11H,5,8-10,21H2,1-4H3,(H,22,26,28). The number of sulfonamides is 1. The third kappa shape index (κ3) is 5.04. The third-order valence-corrected chi connectivity index (χ3v) is 6.93. The van der Waals surface area contributed by atoms with Gasteiger partial charge in [-0.2, -0.15) is 0 Å². The highest BCUT2D eigenvalue weighted by Crippen LogP contribution is 2.27. The van der Waals surface area contributed by atoms with Crippen molar-refractivity contribution in [3.05, 3.63) is 49.6 Å². The number of rotatable bonds is 9. The second-order valence-corrected chi connectivity index (χ2v) is 9.55. The van der Waals surface area contributed by atoms with Crippen LogP contribution in [0.2, 0.25) is 5.02 Å². The van der Waals surface area contributed by atoms with Gasteiger partial charge in [0.1, 0.15) is 10.7 Å². The first-order valence-electron chi connectivity index (χ1n) is 9.62. The van der Waals surface area contributed by atoms with Gasteiger partial charge in [0.2, 0.25) is 10.0 Å². The van der Waals surface area contributed by atoms with Crippen molar-refractivity contribution < 1.29 is 17.9 Å². The molecule has 0 radical (unpaired) electrons. The van der Waals surface area contributed by atoms with E-state index in [9.17, 15) is 22.8 Å². The van der Waals surface area contributed by atoms with Gasteiger partial charge < -0.3 is 10.5 Å². The maximum Gasteiger partial charge on any atom is 0.330 e. The van der Waals surface area contributed by atoms with Gasteiger partial charge in [0.15, 0.2) is 5.69 Å². The Bertz CT molecular complexity index is 1220. The topological polar surface area (TPSA) is 148 Å². The molecule has 0 aliphatic carbocycles. The highest BCUT2D eigenvalue weighted by Gasteiger charge is 2.28. The summed E-state index contributed by atoms with van der Waals surface area (Å²) in [5.74, 6) is -0.895. The Morgan fingerprint density at radius 1 is 1.28 bits per heavy atom. The molecule has 0 saturated carbocycles. The van der Waals surface area contributed by atoms with Crippen molar-refractivity contribution in [1.82, 2.24) is 13.9 Å². The molecule has 0 spiro atoms. The number of nitrogen functional groups attached to an aromatic ring is 1. The molecule has 2 aromatic rings. The van der Waals surface area contributed by atoms with Crippen molar-refractivity contribution in [1.29, 1.82) is 0 Å². The highest BCUT2D eigenvalue weighted by atomic mass is 35.5. The first-order valence-corrected chi connectivity index (χ1v) is 11.4. The zero-order valence-electron chi connectivity index (χ0n) is 18.2. The van der Waals surface area contributed by atoms with Crippen LogP contribution in [0, 0.1) is 0 Å². The maximum atomic E-state index is 13.4. The Kier molecular flexibility index (Phi) is 8.24. The number of carbonyl (C=O) groups excluding carboxylic acids is 1. The van der Waals surface area contributed by atoms with Gasteiger partial charge in [-0.3, -0.25) is 24.0 Å². The average Bonchev–Trinajstić information content (AvgIpc) is 2.72. The predicted octanol–water partition coefficient (Wildman–Crippen LogP) is 0.726. The molecular formula is C19H26ClN5O6S. The van der Waals surface area contributed by atoms with Crippen LogP contribution >= 0.6 is 11.6 Å². The number of amides is 1. The van der Waals surface area contributed by atoms with E-state index < -0.39 is 27.2 Å². The van der Waals surface area contributed by atoms with Gasteiger partial charge in [-0.1, -0.05) is 18.5 Å². The van der Waals surface area contributed by atoms with E-state index in [0.717, 1.165) is 19.8 Å². The summed E-state index contributed by atoms with van der Waals surface area (Å²) in [4.78, 5) is 41.1. The van der Waals surface area contributed by atoms with Crippen molar-refractivity contribution in [2.24, 2.45) is 0 Å². The van der Waals surface area contributed by atoms with Gasteiger partial charge >= 0.3 is 5.69 Å². The molecule has 1 aromatic heterocycles. The summed E-state index contributed by atoms with van der Waals surface area (Å²) in [5, 5.41) is -0.0625. The van der Waals surface area contributed by atoms with E-state index in [-0.39, 0.29) is 46.7 Å². The number of aromatic nitrogens is 2. The molecule has 0 atom stereocenters. The van der Waals surface area contributed by atoms with E-state index in [1.54, 1.807) is 0 Å². The van der Waals surface area contributed by atoms with Crippen molar-refractivity contribution in [2.75, 3.05) is 45.0 Å². The quantitative estimate of drug-likeness (QED) is 0.529. The number of H-pyrrole nitrogens is 1. The zero-order valence-corrected chi connectivity index (χ0v) is 19.8. The van der Waals surface area contributed by atoms with Crippen LogP contribution in [-0.2, 0) is 21.3 Å². The lowest BCUT2D eigenvalue weighted by atomic mass is 10.2. The number of halogens is 1. The lowest BCUT2D eigenvalue weighted by molar-refractivity contribution is 0.0975. The van der Waals surface area contributed by atoms with Crippen LogP contribution in [0.1, 0.15) is 23.7 Å². The maximum absolute atomic E-state index is 13.4. The summed E-state index contributed by atoms with van der Waals surface area (Å²) in [6.45, 7) is 2.02. The van der Waals surface area contributed by atoms with E-state index in [1.165, 1.54) is 33.3 Å². The largest absolute Gasteiger partial charge is 0.383 e. The predicted molar refractivity (Wildman–Crippen MR) is 122 cm³/mol. The van der Waals surface area contributed by atoms with Gasteiger partial charge in [0, 0.05) is 39.9 Å². The summed E-state index contributed by atoms with van der Waals surface area (Å²) in [7, 11) is 0.147. The van der Waals surface area contributed by atoms with Gasteiger partial charge in [-0.15, -0.1) is 0 Å². The minimum Gasteiger partial charge on any atom is -0.383 e. The Hall–Kier alpha value is -2.67. The van der Waals surface area contributed by atoms with Crippen LogP contribution in [0.25, 0.3) is 0 Å². The summed E-state index contributed by atoms with van der Waals surface area (Å²) in [5.41, 5.74) is 4.29. The van der Waals surface area contributed by atoms with Crippen molar-refractivity contribution in [3.63, 3.8) is 0 Å². The third-order valence-electron chi connectivity index (χ3n) is 4.63. The normalized spacial score (nSPS) is 11.7. The summed E-state index contributed by atoms with van der Waals surface area (Å²) >= 11 is 6.07. The van der Waals surface area contributed by atoms with Crippen LogP contribution in [0.3, 0.4) is 0 Å². The molecule has 0 saturated heterocycles. The minimum absolute atomic E-state index is 0.0435. The molecule has 0 unspecified atom stereocenters. The van der Waals surface area contributed by atoms with Gasteiger partial charge in [0.05, 0.1) is 11.6 Å². The van der Waals surface area contributed by atoms with Gasteiger partial charge in [-0.05, 0) is 24.6 Å². The highest BCUT2D eigenvalue weighted by molar-refractivity contribution is 7.89. The zero-order chi connectivity index (χ0) is 24.2. The smallest absolute Gasteiger partial charge is 0.330 e. The Balaban J connectivity index is 2.69. The number of nitrogens with two attached hydrogens (primary N) is 1. The summed E-state index contributed by atoms with van der Waals surface area (Å²) < 4.78 is 32.3. The van der Waals surface area contributed by atoms with Gasteiger partial charge in [-0.25, -0.2) is 17.5 Å². The molecule has 0 aliphatic rings. The SMILES string of the molecule is CCCn1c(N)c(N(CCOC)C(=O)c2ccc(Cl)c(S(=O)(=O)N(C)C)c2)c(=O)[nH]c1=O. The molecule has 0 fully saturated rings. The summed E-state index contributed by atoms with van der Waals surface area (Å²) in [6, 6.07) is 3.75. The lowest BCUT2D eigenvalue weighted by Crippen LogP contribution is -2.42.